The van der Waals surface area contributed by atoms with Crippen LogP contribution in [0.3, 0.4) is 0 Å². The number of nitrogens with zero attached hydrogens (tertiary/aromatic N) is 2. The Morgan fingerprint density at radius 1 is 1.53 bits per heavy atom. The number of rotatable bonds is 5. The van der Waals surface area contributed by atoms with Crippen molar-refractivity contribution in [3.63, 3.8) is 0 Å². The summed E-state index contributed by atoms with van der Waals surface area (Å²) in [7, 11) is 3.41. The van der Waals surface area contributed by atoms with Crippen LogP contribution in [0.25, 0.3) is 0 Å². The number of likely N-dealkylation sites (tertiary alicyclic amines) is 1. The van der Waals surface area contributed by atoms with Gasteiger partial charge in [-0.1, -0.05) is 6.92 Å². The topological polar surface area (TPSA) is 58.8 Å². The summed E-state index contributed by atoms with van der Waals surface area (Å²) in [6.45, 7) is 5.69. The van der Waals surface area contributed by atoms with Gasteiger partial charge in [-0.25, -0.2) is 0 Å². The van der Waals surface area contributed by atoms with Crippen LogP contribution < -0.4 is 5.73 Å². The zero-order valence-electron chi connectivity index (χ0n) is 11.2. The quantitative estimate of drug-likeness (QED) is 0.733. The third kappa shape index (κ3) is 3.94. The lowest BCUT2D eigenvalue weighted by Gasteiger charge is -2.37. The molecule has 1 fully saturated rings. The maximum Gasteiger partial charge on any atom is 0.241 e. The van der Waals surface area contributed by atoms with Crippen molar-refractivity contribution < 1.29 is 9.53 Å². The third-order valence-corrected chi connectivity index (χ3v) is 3.56. The molecule has 0 aromatic rings. The highest BCUT2D eigenvalue weighted by molar-refractivity contribution is 5.81. The fraction of sp³-hybridized carbons (Fsp3) is 0.917. The van der Waals surface area contributed by atoms with Gasteiger partial charge in [-0.15, -0.1) is 0 Å². The van der Waals surface area contributed by atoms with Crippen LogP contribution in [0.4, 0.5) is 0 Å². The van der Waals surface area contributed by atoms with Gasteiger partial charge in [-0.3, -0.25) is 4.79 Å². The molecular weight excluding hydrogens is 218 g/mol. The molecule has 0 aliphatic carbocycles. The predicted octanol–water partition coefficient (Wildman–Crippen LogP) is -0.0972. The molecule has 1 unspecified atom stereocenters. The van der Waals surface area contributed by atoms with E-state index in [1.807, 2.05) is 7.05 Å². The van der Waals surface area contributed by atoms with Gasteiger partial charge in [-0.05, 0) is 19.4 Å². The van der Waals surface area contributed by atoms with Crippen molar-refractivity contribution in [1.29, 1.82) is 0 Å². The maximum atomic E-state index is 12.0. The second kappa shape index (κ2) is 6.93. The molecule has 2 N–H and O–H groups in total. The van der Waals surface area contributed by atoms with E-state index in [0.29, 0.717) is 6.04 Å². The van der Waals surface area contributed by atoms with E-state index in [4.69, 9.17) is 10.5 Å². The van der Waals surface area contributed by atoms with E-state index in [1.54, 1.807) is 12.0 Å². The van der Waals surface area contributed by atoms with E-state index in [1.165, 1.54) is 0 Å². The van der Waals surface area contributed by atoms with E-state index < -0.39 is 6.04 Å². The summed E-state index contributed by atoms with van der Waals surface area (Å²) in [6, 6.07) is -0.206. The summed E-state index contributed by atoms with van der Waals surface area (Å²) in [6.07, 6.45) is 2.07. The van der Waals surface area contributed by atoms with Crippen LogP contribution in [-0.2, 0) is 9.53 Å². The summed E-state index contributed by atoms with van der Waals surface area (Å²) in [5, 5.41) is 0. The molecule has 0 bridgehead atoms. The molecule has 17 heavy (non-hydrogen) atoms. The Hall–Kier alpha value is -0.650. The van der Waals surface area contributed by atoms with E-state index in [2.05, 4.69) is 11.8 Å². The molecule has 5 nitrogen and oxygen atoms in total. The Morgan fingerprint density at radius 3 is 2.59 bits per heavy atom. The standard InChI is InChI=1S/C12H25N3O2/c1-4-15-7-5-10(6-8-15)14(2)12(16)11(13)9-17-3/h10-11H,4-9,13H2,1-3H3. The number of carbonyl (C=O) groups is 1. The molecule has 100 valence electrons. The maximum absolute atomic E-state index is 12.0. The van der Waals surface area contributed by atoms with E-state index in [9.17, 15) is 4.79 Å². The van der Waals surface area contributed by atoms with Crippen LogP contribution >= 0.6 is 0 Å². The summed E-state index contributed by atoms with van der Waals surface area (Å²) < 4.78 is 4.92. The molecule has 1 aliphatic heterocycles. The number of methoxy groups -OCH3 is 1. The number of hydrogen-bond donors (Lipinski definition) is 1. The minimum Gasteiger partial charge on any atom is -0.383 e. The van der Waals surface area contributed by atoms with Crippen molar-refractivity contribution in [3.05, 3.63) is 0 Å². The highest BCUT2D eigenvalue weighted by Crippen LogP contribution is 2.15. The molecule has 1 amide bonds. The fourth-order valence-corrected chi connectivity index (χ4v) is 2.32. The van der Waals surface area contributed by atoms with Crippen molar-refractivity contribution in [2.45, 2.75) is 31.8 Å². The molecule has 0 spiro atoms. The predicted molar refractivity (Wildman–Crippen MR) is 67.8 cm³/mol. The lowest BCUT2D eigenvalue weighted by Crippen LogP contribution is -2.51. The van der Waals surface area contributed by atoms with Crippen molar-refractivity contribution in [2.75, 3.05) is 40.4 Å². The van der Waals surface area contributed by atoms with Crippen molar-refractivity contribution in [2.24, 2.45) is 5.73 Å². The monoisotopic (exact) mass is 243 g/mol. The largest absolute Gasteiger partial charge is 0.383 e. The lowest BCUT2D eigenvalue weighted by molar-refractivity contribution is -0.135. The normalized spacial score (nSPS) is 20.2. The number of nitrogens with two attached hydrogens (primary N) is 1. The van der Waals surface area contributed by atoms with Crippen LogP contribution in [0.15, 0.2) is 0 Å². The number of hydrogen-bond acceptors (Lipinski definition) is 4. The van der Waals surface area contributed by atoms with E-state index >= 15 is 0 Å². The van der Waals surface area contributed by atoms with Crippen LogP contribution in [0.5, 0.6) is 0 Å². The van der Waals surface area contributed by atoms with Gasteiger partial charge >= 0.3 is 0 Å². The first-order chi connectivity index (χ1) is 8.10. The fourth-order valence-electron chi connectivity index (χ4n) is 2.32. The minimum atomic E-state index is -0.533. The highest BCUT2D eigenvalue weighted by atomic mass is 16.5. The van der Waals surface area contributed by atoms with Gasteiger partial charge in [-0.2, -0.15) is 0 Å². The van der Waals surface area contributed by atoms with Gasteiger partial charge in [0.1, 0.15) is 6.04 Å². The lowest BCUT2D eigenvalue weighted by atomic mass is 10.0. The molecule has 1 rings (SSSR count). The second-order valence-corrected chi connectivity index (χ2v) is 4.68. The third-order valence-electron chi connectivity index (χ3n) is 3.56. The first-order valence-corrected chi connectivity index (χ1v) is 6.33. The van der Waals surface area contributed by atoms with Crippen molar-refractivity contribution in [3.8, 4) is 0 Å². The zero-order valence-corrected chi connectivity index (χ0v) is 11.2. The summed E-state index contributed by atoms with van der Waals surface area (Å²) in [5.74, 6) is -0.0122. The Bertz CT molecular complexity index is 240. The van der Waals surface area contributed by atoms with Gasteiger partial charge in [0.2, 0.25) is 5.91 Å². The van der Waals surface area contributed by atoms with Crippen molar-refractivity contribution in [1.82, 2.24) is 9.80 Å². The smallest absolute Gasteiger partial charge is 0.241 e. The summed E-state index contributed by atoms with van der Waals surface area (Å²) in [4.78, 5) is 16.2. The van der Waals surface area contributed by atoms with Gasteiger partial charge in [0.25, 0.3) is 0 Å². The summed E-state index contributed by atoms with van der Waals surface area (Å²) >= 11 is 0. The molecule has 1 atom stereocenters. The summed E-state index contributed by atoms with van der Waals surface area (Å²) in [5.41, 5.74) is 5.76. The SMILES string of the molecule is CCN1CCC(N(C)C(=O)C(N)COC)CC1. The van der Waals surface area contributed by atoms with Crippen molar-refractivity contribution >= 4 is 5.91 Å². The second-order valence-electron chi connectivity index (χ2n) is 4.68. The molecule has 0 aromatic heterocycles. The average molecular weight is 243 g/mol. The molecule has 5 heteroatoms. The molecule has 0 aromatic carbocycles. The molecule has 1 aliphatic rings. The van der Waals surface area contributed by atoms with Gasteiger partial charge in [0.15, 0.2) is 0 Å². The minimum absolute atomic E-state index is 0.0122. The van der Waals surface area contributed by atoms with Gasteiger partial charge in [0.05, 0.1) is 6.61 Å². The Labute approximate surface area is 104 Å². The van der Waals surface area contributed by atoms with E-state index in [0.717, 1.165) is 32.5 Å². The molecule has 1 heterocycles. The van der Waals surface area contributed by atoms with Crippen LogP contribution in [-0.4, -0.2) is 68.2 Å². The number of likely N-dealkylation sites (N-methyl/N-ethyl adjacent to an activating group) is 1. The number of amides is 1. The molecule has 0 saturated carbocycles. The average Bonchev–Trinajstić information content (AvgIpc) is 2.37. The Balaban J connectivity index is 2.42. The van der Waals surface area contributed by atoms with Gasteiger partial charge in [0, 0.05) is 33.3 Å². The number of carbonyl (C=O) groups excluding carboxylic acids is 1. The Morgan fingerprint density at radius 2 is 2.12 bits per heavy atom. The molecular formula is C12H25N3O2. The zero-order chi connectivity index (χ0) is 12.8. The number of ether oxygens (including phenoxy) is 1. The van der Waals surface area contributed by atoms with Crippen LogP contribution in [0.2, 0.25) is 0 Å². The first-order valence-electron chi connectivity index (χ1n) is 6.33. The van der Waals surface area contributed by atoms with Crippen LogP contribution in [0, 0.1) is 0 Å². The Kier molecular flexibility index (Phi) is 5.88. The molecule has 1 saturated heterocycles. The van der Waals surface area contributed by atoms with Crippen LogP contribution in [0.1, 0.15) is 19.8 Å². The van der Waals surface area contributed by atoms with E-state index in [-0.39, 0.29) is 12.5 Å². The van der Waals surface area contributed by atoms with Gasteiger partial charge < -0.3 is 20.3 Å². The molecule has 0 radical (unpaired) electrons. The first kappa shape index (κ1) is 14.4. The number of piperidine rings is 1. The highest BCUT2D eigenvalue weighted by Gasteiger charge is 2.27.